The maximum Gasteiger partial charge on any atom is 0.274 e. The molecule has 9 nitrogen and oxygen atoms in total. The summed E-state index contributed by atoms with van der Waals surface area (Å²) in [6.45, 7) is 3.59. The van der Waals surface area contributed by atoms with Gasteiger partial charge in [0, 0.05) is 43.4 Å². The molecule has 6 rings (SSSR count). The van der Waals surface area contributed by atoms with Crippen LogP contribution in [0.5, 0.6) is 5.75 Å². The average Bonchev–Trinajstić information content (AvgIpc) is 3.82. The Hall–Kier alpha value is -3.95. The van der Waals surface area contributed by atoms with Crippen LogP contribution in [0.1, 0.15) is 123 Å². The smallest absolute Gasteiger partial charge is 0.274 e. The fourth-order valence-corrected chi connectivity index (χ4v) is 7.82. The Kier molecular flexibility index (Phi) is 12.4. The molecule has 1 saturated heterocycles. The van der Waals surface area contributed by atoms with Gasteiger partial charge in [0.2, 0.25) is 5.91 Å². The lowest BCUT2D eigenvalue weighted by Crippen LogP contribution is -2.49. The number of hydrogen-bond donors (Lipinski definition) is 3. The first kappa shape index (κ1) is 35.9. The third kappa shape index (κ3) is 8.85. The second-order valence-electron chi connectivity index (χ2n) is 14.3. The van der Waals surface area contributed by atoms with Crippen LogP contribution in [0.3, 0.4) is 0 Å². The number of aromatic nitrogens is 1. The standard InChI is InChI=1S/C41H54N4O5/c1-2-29-20-21-38-33(24-29)34(18-9-4-3-5-12-23-50-38)42-27-37(46)35(25-30-14-7-6-8-15-30)43-40(48)31-26-36(44-22-13-19-39(44)47)41(49)45(28-31)32-16-10-11-17-32/h6-8,14-15,20-21,24,26,28,32,34-35,37,42,46H,2-5,9-13,16-19,22-23,25,27H2,1H3,(H,43,48)/t34-,35-,37+/m0/s1. The van der Waals surface area contributed by atoms with Crippen molar-refractivity contribution in [2.75, 3.05) is 24.6 Å². The van der Waals surface area contributed by atoms with Crippen LogP contribution >= 0.6 is 0 Å². The predicted octanol–water partition coefficient (Wildman–Crippen LogP) is 6.42. The van der Waals surface area contributed by atoms with E-state index in [1.807, 2.05) is 30.3 Å². The van der Waals surface area contributed by atoms with E-state index in [1.165, 1.54) is 16.9 Å². The average molecular weight is 683 g/mol. The summed E-state index contributed by atoms with van der Waals surface area (Å²) < 4.78 is 7.96. The Morgan fingerprint density at radius 2 is 1.68 bits per heavy atom. The zero-order valence-corrected chi connectivity index (χ0v) is 29.6. The van der Waals surface area contributed by atoms with Gasteiger partial charge in [-0.15, -0.1) is 0 Å². The minimum absolute atomic E-state index is 0.00302. The molecule has 3 aromatic rings. The Labute approximate surface area is 296 Å². The summed E-state index contributed by atoms with van der Waals surface area (Å²) in [5.74, 6) is 0.441. The first-order valence-electron chi connectivity index (χ1n) is 19.0. The highest BCUT2D eigenvalue weighted by Gasteiger charge is 2.30. The van der Waals surface area contributed by atoms with E-state index in [-0.39, 0.29) is 41.7 Å². The van der Waals surface area contributed by atoms with Crippen LogP contribution in [0.25, 0.3) is 0 Å². The van der Waals surface area contributed by atoms with E-state index >= 15 is 0 Å². The van der Waals surface area contributed by atoms with Gasteiger partial charge in [0.05, 0.1) is 24.3 Å². The fraction of sp³-hybridized carbons (Fsp3) is 0.537. The van der Waals surface area contributed by atoms with Crippen molar-refractivity contribution in [1.29, 1.82) is 0 Å². The van der Waals surface area contributed by atoms with Crippen LogP contribution in [0.15, 0.2) is 65.6 Å². The van der Waals surface area contributed by atoms with Gasteiger partial charge in [-0.2, -0.15) is 0 Å². The number of aliphatic hydroxyl groups excluding tert-OH is 1. The van der Waals surface area contributed by atoms with E-state index in [0.717, 1.165) is 81.1 Å². The lowest BCUT2D eigenvalue weighted by atomic mass is 9.95. The molecule has 1 aromatic heterocycles. The monoisotopic (exact) mass is 682 g/mol. The van der Waals surface area contributed by atoms with E-state index < -0.39 is 12.1 Å². The van der Waals surface area contributed by atoms with Gasteiger partial charge in [-0.1, -0.05) is 87.9 Å². The SMILES string of the molecule is CCc1ccc2c(c1)[C@@H](NC[C@@H](O)[C@H](Cc1ccccc1)NC(=O)c1cc(N3CCCC3=O)c(=O)n(C3CCCC3)c1)CCCCCCCO2. The number of anilines is 1. The van der Waals surface area contributed by atoms with Gasteiger partial charge in [-0.3, -0.25) is 14.4 Å². The molecular formula is C41H54N4O5. The number of amides is 2. The van der Waals surface area contributed by atoms with E-state index in [4.69, 9.17) is 4.74 Å². The summed E-state index contributed by atoms with van der Waals surface area (Å²) in [6.07, 6.45) is 13.5. The number of nitrogens with one attached hydrogen (secondary N) is 2. The minimum Gasteiger partial charge on any atom is -0.493 e. The molecule has 0 radical (unpaired) electrons. The molecular weight excluding hydrogens is 628 g/mol. The Morgan fingerprint density at radius 3 is 2.44 bits per heavy atom. The van der Waals surface area contributed by atoms with Crippen molar-refractivity contribution in [2.45, 2.75) is 121 Å². The topological polar surface area (TPSA) is 113 Å². The van der Waals surface area contributed by atoms with Crippen LogP contribution in [0.4, 0.5) is 5.69 Å². The normalized spacial score (nSPS) is 20.1. The molecule has 9 heteroatoms. The molecule has 3 atom stereocenters. The van der Waals surface area contributed by atoms with Gasteiger partial charge in [-0.25, -0.2) is 0 Å². The molecule has 3 aliphatic rings. The number of carbonyl (C=O) groups is 2. The number of ether oxygens (including phenoxy) is 1. The molecule has 1 saturated carbocycles. The highest BCUT2D eigenvalue weighted by atomic mass is 16.5. The second kappa shape index (κ2) is 17.3. The van der Waals surface area contributed by atoms with Gasteiger partial charge < -0.3 is 29.9 Å². The van der Waals surface area contributed by atoms with Crippen LogP contribution in [-0.2, 0) is 17.6 Å². The summed E-state index contributed by atoms with van der Waals surface area (Å²) >= 11 is 0. The minimum atomic E-state index is -0.906. The highest BCUT2D eigenvalue weighted by molar-refractivity contribution is 5.98. The lowest BCUT2D eigenvalue weighted by Gasteiger charge is -2.28. The fourth-order valence-electron chi connectivity index (χ4n) is 7.82. The zero-order chi connectivity index (χ0) is 34.9. The first-order valence-corrected chi connectivity index (χ1v) is 19.0. The molecule has 3 heterocycles. The Morgan fingerprint density at radius 1 is 0.920 bits per heavy atom. The Balaban J connectivity index is 1.26. The maximum atomic E-state index is 14.1. The van der Waals surface area contributed by atoms with Crippen LogP contribution in [-0.4, -0.2) is 53.3 Å². The van der Waals surface area contributed by atoms with Crippen LogP contribution in [0, 0.1) is 0 Å². The predicted molar refractivity (Wildman–Crippen MR) is 197 cm³/mol. The number of benzene rings is 2. The summed E-state index contributed by atoms with van der Waals surface area (Å²) in [5.41, 5.74) is 3.75. The van der Waals surface area contributed by atoms with Gasteiger partial charge in [0.1, 0.15) is 11.4 Å². The van der Waals surface area contributed by atoms with E-state index in [9.17, 15) is 19.5 Å². The number of aryl methyl sites for hydroxylation is 1. The molecule has 0 spiro atoms. The maximum absolute atomic E-state index is 14.1. The number of fused-ring (bicyclic) bond motifs is 1. The summed E-state index contributed by atoms with van der Waals surface area (Å²) in [5, 5.41) is 18.7. The van der Waals surface area contributed by atoms with Crippen molar-refractivity contribution in [1.82, 2.24) is 15.2 Å². The molecule has 268 valence electrons. The van der Waals surface area contributed by atoms with E-state index in [2.05, 4.69) is 35.8 Å². The van der Waals surface area contributed by atoms with Crippen molar-refractivity contribution >= 4 is 17.5 Å². The third-order valence-electron chi connectivity index (χ3n) is 10.8. The molecule has 0 unspecified atom stereocenters. The molecule has 50 heavy (non-hydrogen) atoms. The third-order valence-corrected chi connectivity index (χ3v) is 10.8. The number of nitrogens with zero attached hydrogens (tertiary/aromatic N) is 2. The molecule has 2 aliphatic heterocycles. The largest absolute Gasteiger partial charge is 0.493 e. The lowest BCUT2D eigenvalue weighted by molar-refractivity contribution is -0.117. The molecule has 1 aliphatic carbocycles. The second-order valence-corrected chi connectivity index (χ2v) is 14.3. The number of aliphatic hydroxyl groups is 1. The van der Waals surface area contributed by atoms with E-state index in [1.54, 1.807) is 16.8 Å². The zero-order valence-electron chi connectivity index (χ0n) is 29.6. The van der Waals surface area contributed by atoms with Crippen molar-refractivity contribution in [3.63, 3.8) is 0 Å². The molecule has 3 N–H and O–H groups in total. The highest BCUT2D eigenvalue weighted by Crippen LogP contribution is 2.32. The number of hydrogen-bond acceptors (Lipinski definition) is 6. The summed E-state index contributed by atoms with van der Waals surface area (Å²) in [6, 6.07) is 17.3. The summed E-state index contributed by atoms with van der Waals surface area (Å²) in [7, 11) is 0. The molecule has 2 aromatic carbocycles. The Bertz CT molecular complexity index is 1650. The van der Waals surface area contributed by atoms with Gasteiger partial charge in [-0.05, 0) is 68.2 Å². The number of rotatable bonds is 11. The summed E-state index contributed by atoms with van der Waals surface area (Å²) in [4.78, 5) is 42.1. The van der Waals surface area contributed by atoms with Crippen LogP contribution in [0.2, 0.25) is 0 Å². The quantitative estimate of drug-likeness (QED) is 0.215. The van der Waals surface area contributed by atoms with Crippen molar-refractivity contribution in [3.8, 4) is 5.75 Å². The van der Waals surface area contributed by atoms with Gasteiger partial charge in [0.25, 0.3) is 11.5 Å². The molecule has 2 fully saturated rings. The van der Waals surface area contributed by atoms with Crippen LogP contribution < -0.4 is 25.8 Å². The molecule has 0 bridgehead atoms. The van der Waals surface area contributed by atoms with Crippen molar-refractivity contribution in [3.05, 3.63) is 93.4 Å². The van der Waals surface area contributed by atoms with Gasteiger partial charge in [0.15, 0.2) is 0 Å². The van der Waals surface area contributed by atoms with E-state index in [0.29, 0.717) is 38.0 Å². The number of pyridine rings is 1. The van der Waals surface area contributed by atoms with Gasteiger partial charge >= 0.3 is 0 Å². The first-order chi connectivity index (χ1) is 24.4. The van der Waals surface area contributed by atoms with Crippen molar-refractivity contribution < 1.29 is 19.4 Å². The van der Waals surface area contributed by atoms with Crippen molar-refractivity contribution in [2.24, 2.45) is 0 Å². The molecule has 2 amide bonds. The number of carbonyl (C=O) groups excluding carboxylic acids is 2.